The van der Waals surface area contributed by atoms with Crippen LogP contribution >= 0.6 is 0 Å². The van der Waals surface area contributed by atoms with Crippen LogP contribution in [0.5, 0.6) is 11.5 Å². The van der Waals surface area contributed by atoms with Crippen LogP contribution in [0.2, 0.25) is 0 Å². The van der Waals surface area contributed by atoms with Gasteiger partial charge in [-0.1, -0.05) is 0 Å². The molecule has 3 aromatic rings. The highest BCUT2D eigenvalue weighted by atomic mass is 32.2. The van der Waals surface area contributed by atoms with E-state index in [2.05, 4.69) is 15.0 Å². The van der Waals surface area contributed by atoms with Crippen molar-refractivity contribution in [2.24, 2.45) is 0 Å². The maximum absolute atomic E-state index is 12.7. The lowest BCUT2D eigenvalue weighted by Crippen LogP contribution is -2.14. The van der Waals surface area contributed by atoms with Crippen molar-refractivity contribution in [2.75, 3.05) is 24.3 Å². The zero-order chi connectivity index (χ0) is 19.3. The molecule has 0 unspecified atom stereocenters. The SMILES string of the molecule is COc1ccc(S(=O)(=O)Nc2ccc(NCc3ccco3)nc2)c(OC)c1. The number of hydrogen-bond acceptors (Lipinski definition) is 7. The van der Waals surface area contributed by atoms with Gasteiger partial charge in [0.25, 0.3) is 10.0 Å². The molecule has 9 heteroatoms. The average Bonchev–Trinajstić information content (AvgIpc) is 3.20. The number of rotatable bonds is 8. The summed E-state index contributed by atoms with van der Waals surface area (Å²) in [7, 11) is -0.956. The minimum absolute atomic E-state index is 0.00539. The number of nitrogens with one attached hydrogen (secondary N) is 2. The third-order valence-corrected chi connectivity index (χ3v) is 5.12. The van der Waals surface area contributed by atoms with Crippen LogP contribution in [0.25, 0.3) is 0 Å². The normalized spacial score (nSPS) is 11.0. The van der Waals surface area contributed by atoms with E-state index in [9.17, 15) is 8.42 Å². The molecule has 0 spiro atoms. The van der Waals surface area contributed by atoms with Gasteiger partial charge in [-0.05, 0) is 36.4 Å². The molecular weight excluding hydrogens is 370 g/mol. The summed E-state index contributed by atoms with van der Waals surface area (Å²) in [5.41, 5.74) is 0.330. The summed E-state index contributed by atoms with van der Waals surface area (Å²) in [6.45, 7) is 0.480. The zero-order valence-corrected chi connectivity index (χ0v) is 15.6. The molecule has 0 bridgehead atoms. The summed E-state index contributed by atoms with van der Waals surface area (Å²) in [5.74, 6) is 2.05. The molecular formula is C18H19N3O5S. The number of benzene rings is 1. The van der Waals surface area contributed by atoms with Gasteiger partial charge in [-0.15, -0.1) is 0 Å². The third kappa shape index (κ3) is 4.50. The number of methoxy groups -OCH3 is 2. The van der Waals surface area contributed by atoms with Crippen molar-refractivity contribution in [1.82, 2.24) is 4.98 Å². The monoisotopic (exact) mass is 389 g/mol. The Bertz CT molecular complexity index is 986. The highest BCUT2D eigenvalue weighted by Gasteiger charge is 2.20. The first-order valence-electron chi connectivity index (χ1n) is 7.99. The third-order valence-electron chi connectivity index (χ3n) is 3.70. The summed E-state index contributed by atoms with van der Waals surface area (Å²) in [4.78, 5) is 4.20. The molecule has 27 heavy (non-hydrogen) atoms. The number of aromatic nitrogens is 1. The van der Waals surface area contributed by atoms with Crippen LogP contribution in [0, 0.1) is 0 Å². The van der Waals surface area contributed by atoms with Gasteiger partial charge in [0.2, 0.25) is 0 Å². The maximum Gasteiger partial charge on any atom is 0.265 e. The minimum atomic E-state index is -3.85. The molecule has 0 aliphatic heterocycles. The topological polar surface area (TPSA) is 103 Å². The highest BCUT2D eigenvalue weighted by molar-refractivity contribution is 7.92. The lowest BCUT2D eigenvalue weighted by molar-refractivity contribution is 0.386. The molecule has 0 aliphatic carbocycles. The van der Waals surface area contributed by atoms with E-state index < -0.39 is 10.0 Å². The Balaban J connectivity index is 1.72. The highest BCUT2D eigenvalue weighted by Crippen LogP contribution is 2.29. The fourth-order valence-corrected chi connectivity index (χ4v) is 3.55. The number of hydrogen-bond donors (Lipinski definition) is 2. The number of furan rings is 1. The summed E-state index contributed by atoms with van der Waals surface area (Å²) < 4.78 is 43.3. The number of pyridine rings is 1. The molecule has 0 atom stereocenters. The standard InChI is InChI=1S/C18H19N3O5S/c1-24-14-6-7-17(16(10-14)25-2)27(22,23)21-13-5-8-18(19-11-13)20-12-15-4-3-9-26-15/h3-11,21H,12H2,1-2H3,(H,19,20). The number of anilines is 2. The Labute approximate surface area is 157 Å². The summed E-state index contributed by atoms with van der Waals surface area (Å²) in [6, 6.07) is 11.4. The smallest absolute Gasteiger partial charge is 0.265 e. The second-order valence-electron chi connectivity index (χ2n) is 5.49. The molecule has 0 saturated carbocycles. The molecule has 1 aromatic carbocycles. The second-order valence-corrected chi connectivity index (χ2v) is 7.14. The zero-order valence-electron chi connectivity index (χ0n) is 14.8. The Hall–Kier alpha value is -3.20. The van der Waals surface area contributed by atoms with Crippen LogP contribution in [0.1, 0.15) is 5.76 Å². The summed E-state index contributed by atoms with van der Waals surface area (Å²) >= 11 is 0. The van der Waals surface area contributed by atoms with Crippen molar-refractivity contribution in [2.45, 2.75) is 11.4 Å². The van der Waals surface area contributed by atoms with Gasteiger partial charge in [0.1, 0.15) is 28.0 Å². The van der Waals surface area contributed by atoms with Crippen molar-refractivity contribution in [3.05, 3.63) is 60.7 Å². The van der Waals surface area contributed by atoms with Crippen molar-refractivity contribution < 1.29 is 22.3 Å². The molecule has 2 heterocycles. The predicted octanol–water partition coefficient (Wildman–Crippen LogP) is 3.10. The van der Waals surface area contributed by atoms with E-state index in [0.717, 1.165) is 5.76 Å². The van der Waals surface area contributed by atoms with Crippen molar-refractivity contribution >= 4 is 21.5 Å². The second kappa shape index (κ2) is 8.00. The Morgan fingerprint density at radius 2 is 1.96 bits per heavy atom. The lowest BCUT2D eigenvalue weighted by Gasteiger charge is -2.13. The first kappa shape index (κ1) is 18.6. The molecule has 0 aliphatic rings. The van der Waals surface area contributed by atoms with Gasteiger partial charge < -0.3 is 19.2 Å². The van der Waals surface area contributed by atoms with Gasteiger partial charge in [0.15, 0.2) is 0 Å². The van der Waals surface area contributed by atoms with Crippen LogP contribution in [0.15, 0.2) is 64.2 Å². The average molecular weight is 389 g/mol. The van der Waals surface area contributed by atoms with E-state index >= 15 is 0 Å². The van der Waals surface area contributed by atoms with Crippen LogP contribution in [0.4, 0.5) is 11.5 Å². The maximum atomic E-state index is 12.7. The van der Waals surface area contributed by atoms with Gasteiger partial charge in [-0.3, -0.25) is 4.72 Å². The van der Waals surface area contributed by atoms with E-state index in [1.54, 1.807) is 30.5 Å². The van der Waals surface area contributed by atoms with Gasteiger partial charge in [0.05, 0.1) is 38.9 Å². The van der Waals surface area contributed by atoms with Gasteiger partial charge in [-0.25, -0.2) is 13.4 Å². The fourth-order valence-electron chi connectivity index (χ4n) is 2.36. The van der Waals surface area contributed by atoms with Gasteiger partial charge in [0, 0.05) is 6.07 Å². The molecule has 2 aromatic heterocycles. The molecule has 142 valence electrons. The molecule has 3 rings (SSSR count). The van der Waals surface area contributed by atoms with E-state index in [-0.39, 0.29) is 10.6 Å². The fraction of sp³-hybridized carbons (Fsp3) is 0.167. The van der Waals surface area contributed by atoms with Gasteiger partial charge >= 0.3 is 0 Å². The van der Waals surface area contributed by atoms with E-state index in [1.807, 2.05) is 6.07 Å². The minimum Gasteiger partial charge on any atom is -0.497 e. The van der Waals surface area contributed by atoms with Crippen LogP contribution in [-0.2, 0) is 16.6 Å². The van der Waals surface area contributed by atoms with Crippen LogP contribution < -0.4 is 19.5 Å². The first-order valence-corrected chi connectivity index (χ1v) is 9.47. The molecule has 0 saturated heterocycles. The molecule has 8 nitrogen and oxygen atoms in total. The number of sulfonamides is 1. The van der Waals surface area contributed by atoms with Crippen molar-refractivity contribution in [3.8, 4) is 11.5 Å². The quantitative estimate of drug-likeness (QED) is 0.610. The van der Waals surface area contributed by atoms with Crippen molar-refractivity contribution in [1.29, 1.82) is 0 Å². The summed E-state index contributed by atoms with van der Waals surface area (Å²) in [5, 5.41) is 3.08. The Morgan fingerprint density at radius 3 is 2.59 bits per heavy atom. The predicted molar refractivity (Wildman–Crippen MR) is 101 cm³/mol. The van der Waals surface area contributed by atoms with Gasteiger partial charge in [-0.2, -0.15) is 0 Å². The molecule has 0 fully saturated rings. The molecule has 0 radical (unpaired) electrons. The van der Waals surface area contributed by atoms with E-state index in [4.69, 9.17) is 13.9 Å². The number of ether oxygens (including phenoxy) is 2. The largest absolute Gasteiger partial charge is 0.497 e. The first-order chi connectivity index (χ1) is 13.0. The molecule has 0 amide bonds. The van der Waals surface area contributed by atoms with Crippen LogP contribution in [0.3, 0.4) is 0 Å². The Morgan fingerprint density at radius 1 is 1.11 bits per heavy atom. The number of nitrogens with zero attached hydrogens (tertiary/aromatic N) is 1. The summed E-state index contributed by atoms with van der Waals surface area (Å²) in [6.07, 6.45) is 3.02. The Kier molecular flexibility index (Phi) is 5.51. The van der Waals surface area contributed by atoms with E-state index in [0.29, 0.717) is 23.8 Å². The molecule has 2 N–H and O–H groups in total. The van der Waals surface area contributed by atoms with Crippen LogP contribution in [-0.4, -0.2) is 27.6 Å². The lowest BCUT2D eigenvalue weighted by atomic mass is 10.3. The van der Waals surface area contributed by atoms with E-state index in [1.165, 1.54) is 32.5 Å². The van der Waals surface area contributed by atoms with Crippen molar-refractivity contribution in [3.63, 3.8) is 0 Å².